The summed E-state index contributed by atoms with van der Waals surface area (Å²) in [6.07, 6.45) is 3.50. The van der Waals surface area contributed by atoms with E-state index in [1.165, 1.54) is 0 Å². The summed E-state index contributed by atoms with van der Waals surface area (Å²) in [6.45, 7) is 4.13. The third-order valence-electron chi connectivity index (χ3n) is 2.68. The lowest BCUT2D eigenvalue weighted by molar-refractivity contribution is -0.116. The number of likely N-dealkylation sites (N-methyl/N-ethyl adjacent to an activating group) is 1. The highest BCUT2D eigenvalue weighted by Crippen LogP contribution is 2.16. The summed E-state index contributed by atoms with van der Waals surface area (Å²) in [5, 5.41) is 9.90. The second-order valence-corrected chi connectivity index (χ2v) is 4.20. The molecule has 108 valence electrons. The first kappa shape index (κ1) is 25.7. The molecule has 0 bridgehead atoms. The van der Waals surface area contributed by atoms with Gasteiger partial charge >= 0.3 is 0 Å². The van der Waals surface area contributed by atoms with Crippen molar-refractivity contribution in [2.24, 2.45) is 5.92 Å². The van der Waals surface area contributed by atoms with E-state index >= 15 is 0 Å². The van der Waals surface area contributed by atoms with Crippen LogP contribution in [0.1, 0.15) is 48.0 Å². The molecule has 0 aliphatic heterocycles. The van der Waals surface area contributed by atoms with Crippen LogP contribution in [-0.4, -0.2) is 42.5 Å². The fourth-order valence-electron chi connectivity index (χ4n) is 1.54. The smallest absolute Gasteiger partial charge is 0.139 e. The first-order valence-corrected chi connectivity index (χ1v) is 5.34. The number of unbranched alkanes of at least 4 members (excludes halogenated alkanes) is 1. The van der Waals surface area contributed by atoms with Crippen molar-refractivity contribution in [3.05, 3.63) is 0 Å². The van der Waals surface area contributed by atoms with E-state index in [1.807, 2.05) is 21.0 Å². The van der Waals surface area contributed by atoms with Gasteiger partial charge in [0.2, 0.25) is 0 Å². The van der Waals surface area contributed by atoms with E-state index < -0.39 is 6.10 Å². The second kappa shape index (κ2) is 14.0. The molecule has 0 rings (SSSR count). The fourth-order valence-corrected chi connectivity index (χ4v) is 1.54. The van der Waals surface area contributed by atoms with Gasteiger partial charge in [-0.1, -0.05) is 41.5 Å². The Labute approximate surface area is 115 Å². The van der Waals surface area contributed by atoms with Gasteiger partial charge in [0, 0.05) is 0 Å². The van der Waals surface area contributed by atoms with E-state index in [9.17, 15) is 9.90 Å². The second-order valence-electron chi connectivity index (χ2n) is 4.20. The van der Waals surface area contributed by atoms with Crippen LogP contribution in [-0.2, 0) is 4.79 Å². The van der Waals surface area contributed by atoms with E-state index in [0.29, 0.717) is 0 Å². The van der Waals surface area contributed by atoms with Crippen LogP contribution in [0.2, 0.25) is 0 Å². The van der Waals surface area contributed by atoms with Crippen molar-refractivity contribution in [3.63, 3.8) is 0 Å². The molecule has 17 heavy (non-hydrogen) atoms. The Morgan fingerprint density at radius 1 is 1.29 bits per heavy atom. The molecule has 0 amide bonds. The average Bonchev–Trinajstić information content (AvgIpc) is 2.14. The summed E-state index contributed by atoms with van der Waals surface area (Å²) in [7, 11) is 3.63. The fraction of sp³-hybridized carbons (Fsp3) is 0.923. The summed E-state index contributed by atoms with van der Waals surface area (Å²) in [5.74, 6) is 0.188. The Kier molecular flexibility index (Phi) is 21.2. The minimum atomic E-state index is -0.547. The van der Waals surface area contributed by atoms with Crippen LogP contribution in [0.3, 0.4) is 0 Å². The van der Waals surface area contributed by atoms with Gasteiger partial charge in [-0.25, -0.2) is 0 Å². The monoisotopic (exact) mass is 267 g/mol. The van der Waals surface area contributed by atoms with Crippen LogP contribution in [0.4, 0.5) is 0 Å². The highest BCUT2D eigenvalue weighted by atomic mass is 32.1. The molecule has 0 heterocycles. The zero-order chi connectivity index (χ0) is 11.1. The highest BCUT2D eigenvalue weighted by molar-refractivity contribution is 7.59. The summed E-state index contributed by atoms with van der Waals surface area (Å²) in [4.78, 5) is 12.5. The lowest BCUT2D eigenvalue weighted by atomic mass is 9.93. The standard InChI is InChI=1S/C11H23NO2.2CH4.H2S/c1-5-6-7-9(2)11(14)10(8-13)12(3)4;;;/h8-11,14H,5-7H2,1-4H3;2*1H4;1H2. The Balaban J connectivity index is -0.000000282. The number of carbonyl (C=O) groups excluding carboxylic acids is 1. The molecule has 0 spiro atoms. The molecule has 0 fully saturated rings. The summed E-state index contributed by atoms with van der Waals surface area (Å²) < 4.78 is 0. The van der Waals surface area contributed by atoms with Crippen molar-refractivity contribution in [2.45, 2.75) is 60.1 Å². The SMILES string of the molecule is C.C.CCCCC(C)C(O)C(C=O)N(C)C.S. The predicted molar refractivity (Wildman–Crippen MR) is 82.1 cm³/mol. The van der Waals surface area contributed by atoms with Gasteiger partial charge in [0.1, 0.15) is 6.29 Å². The zero-order valence-electron chi connectivity index (χ0n) is 10.2. The third kappa shape index (κ3) is 9.62. The number of nitrogens with zero attached hydrogens (tertiary/aromatic N) is 1. The molecule has 0 aromatic rings. The largest absolute Gasteiger partial charge is 0.391 e. The quantitative estimate of drug-likeness (QED) is 0.721. The Bertz CT molecular complexity index is 165. The van der Waals surface area contributed by atoms with E-state index in [-0.39, 0.29) is 40.3 Å². The molecule has 0 radical (unpaired) electrons. The molecule has 1 N–H and O–H groups in total. The minimum Gasteiger partial charge on any atom is -0.391 e. The lowest BCUT2D eigenvalue weighted by Crippen LogP contribution is -2.43. The van der Waals surface area contributed by atoms with Crippen molar-refractivity contribution in [2.75, 3.05) is 14.1 Å². The number of aliphatic hydroxyl groups is 1. The van der Waals surface area contributed by atoms with Gasteiger partial charge in [-0.3, -0.25) is 4.90 Å². The van der Waals surface area contributed by atoms with Gasteiger partial charge in [0.05, 0.1) is 12.1 Å². The van der Waals surface area contributed by atoms with Gasteiger partial charge in [-0.2, -0.15) is 13.5 Å². The molecular formula is C13H33NO2S. The van der Waals surface area contributed by atoms with Crippen LogP contribution in [0.25, 0.3) is 0 Å². The molecule has 3 nitrogen and oxygen atoms in total. The molecule has 3 unspecified atom stereocenters. The number of aldehydes is 1. The summed E-state index contributed by atoms with van der Waals surface area (Å²) in [6, 6.07) is -0.373. The average molecular weight is 267 g/mol. The van der Waals surface area contributed by atoms with E-state index in [1.54, 1.807) is 4.90 Å². The van der Waals surface area contributed by atoms with Crippen molar-refractivity contribution >= 4 is 19.8 Å². The van der Waals surface area contributed by atoms with Crippen molar-refractivity contribution in [1.82, 2.24) is 4.90 Å². The first-order chi connectivity index (χ1) is 6.54. The molecule has 0 saturated heterocycles. The number of hydrogen-bond acceptors (Lipinski definition) is 3. The molecule has 0 aromatic carbocycles. The maximum Gasteiger partial charge on any atom is 0.139 e. The van der Waals surface area contributed by atoms with E-state index in [2.05, 4.69) is 6.92 Å². The highest BCUT2D eigenvalue weighted by Gasteiger charge is 2.25. The Morgan fingerprint density at radius 3 is 2.06 bits per heavy atom. The molecule has 0 aliphatic carbocycles. The van der Waals surface area contributed by atoms with Gasteiger partial charge < -0.3 is 9.90 Å². The number of aliphatic hydroxyl groups excluding tert-OH is 1. The van der Waals surface area contributed by atoms with Crippen molar-refractivity contribution in [3.8, 4) is 0 Å². The van der Waals surface area contributed by atoms with E-state index in [4.69, 9.17) is 0 Å². The summed E-state index contributed by atoms with van der Waals surface area (Å²) >= 11 is 0. The topological polar surface area (TPSA) is 40.5 Å². The number of carbonyl (C=O) groups is 1. The maximum absolute atomic E-state index is 10.8. The van der Waals surface area contributed by atoms with Crippen LogP contribution < -0.4 is 0 Å². The Hall–Kier alpha value is -0.0600. The lowest BCUT2D eigenvalue weighted by Gasteiger charge is -2.28. The van der Waals surface area contributed by atoms with E-state index in [0.717, 1.165) is 25.5 Å². The molecule has 0 aromatic heterocycles. The van der Waals surface area contributed by atoms with Crippen LogP contribution >= 0.6 is 13.5 Å². The van der Waals surface area contributed by atoms with Gasteiger partial charge in [0.15, 0.2) is 0 Å². The van der Waals surface area contributed by atoms with Crippen LogP contribution in [0.15, 0.2) is 0 Å². The van der Waals surface area contributed by atoms with Gasteiger partial charge in [-0.15, -0.1) is 0 Å². The minimum absolute atomic E-state index is 0. The maximum atomic E-state index is 10.8. The summed E-state index contributed by atoms with van der Waals surface area (Å²) in [5.41, 5.74) is 0. The number of hydrogen-bond donors (Lipinski definition) is 1. The van der Waals surface area contributed by atoms with Crippen molar-refractivity contribution in [1.29, 1.82) is 0 Å². The van der Waals surface area contributed by atoms with Crippen LogP contribution in [0.5, 0.6) is 0 Å². The molecule has 4 heteroatoms. The molecule has 0 saturated carbocycles. The Morgan fingerprint density at radius 2 is 1.76 bits per heavy atom. The third-order valence-corrected chi connectivity index (χ3v) is 2.68. The van der Waals surface area contributed by atoms with Gasteiger partial charge in [-0.05, 0) is 26.4 Å². The van der Waals surface area contributed by atoms with Crippen LogP contribution in [0, 0.1) is 5.92 Å². The number of rotatable bonds is 7. The first-order valence-electron chi connectivity index (χ1n) is 5.34. The normalized spacial score (nSPS) is 14.7. The van der Waals surface area contributed by atoms with Gasteiger partial charge in [0.25, 0.3) is 0 Å². The molecule has 3 atom stereocenters. The van der Waals surface area contributed by atoms with Crippen molar-refractivity contribution < 1.29 is 9.90 Å². The molecular weight excluding hydrogens is 234 g/mol. The predicted octanol–water partition coefficient (Wildman–Crippen LogP) is 2.69. The molecule has 0 aliphatic rings. The zero-order valence-corrected chi connectivity index (χ0v) is 11.2.